The van der Waals surface area contributed by atoms with Crippen molar-refractivity contribution in [2.45, 2.75) is 24.9 Å². The van der Waals surface area contributed by atoms with E-state index < -0.39 is 30.4 Å². The van der Waals surface area contributed by atoms with Gasteiger partial charge in [-0.2, -0.15) is 4.39 Å². The van der Waals surface area contributed by atoms with Crippen molar-refractivity contribution in [3.8, 4) is 0 Å². The average molecular weight is 307 g/mol. The van der Waals surface area contributed by atoms with Crippen LogP contribution in [0.25, 0.3) is 0 Å². The van der Waals surface area contributed by atoms with Gasteiger partial charge in [-0.1, -0.05) is 0 Å². The summed E-state index contributed by atoms with van der Waals surface area (Å²) in [6, 6.07) is 0. The van der Waals surface area contributed by atoms with Gasteiger partial charge in [-0.3, -0.25) is 14.3 Å². The van der Waals surface area contributed by atoms with E-state index in [1.807, 2.05) is 4.98 Å². The molecule has 0 radical (unpaired) electrons. The summed E-state index contributed by atoms with van der Waals surface area (Å²) < 4.78 is 30.4. The van der Waals surface area contributed by atoms with Gasteiger partial charge in [0, 0.05) is 6.42 Å². The zero-order valence-corrected chi connectivity index (χ0v) is 11.2. The lowest BCUT2D eigenvalue weighted by Gasteiger charge is -2.16. The number of halogens is 1. The molecule has 10 heteroatoms. The molecule has 0 spiro atoms. The largest absolute Gasteiger partial charge is 0.522 e. The van der Waals surface area contributed by atoms with Gasteiger partial charge in [0.2, 0.25) is 17.6 Å². The third-order valence-corrected chi connectivity index (χ3v) is 4.36. The van der Waals surface area contributed by atoms with Crippen molar-refractivity contribution in [2.75, 3.05) is 6.61 Å². The SMILES string of the molecule is O=c1[nH]c(=O)n([C@H]2C[C@@H]3O[P+](=S)OC[C@H]3O2)cc1F. The maximum Gasteiger partial charge on any atom is 0.522 e. The maximum absolute atomic E-state index is 13.2. The second kappa shape index (κ2) is 4.84. The molecule has 2 saturated heterocycles. The van der Waals surface area contributed by atoms with Crippen LogP contribution >= 0.6 is 7.15 Å². The van der Waals surface area contributed by atoms with E-state index in [0.29, 0.717) is 6.42 Å². The third-order valence-electron chi connectivity index (χ3n) is 2.98. The first kappa shape index (κ1) is 13.0. The van der Waals surface area contributed by atoms with Crippen LogP contribution in [0.3, 0.4) is 0 Å². The van der Waals surface area contributed by atoms with E-state index in [1.165, 1.54) is 0 Å². The number of aromatic amines is 1. The first-order chi connectivity index (χ1) is 9.04. The lowest BCUT2D eigenvalue weighted by atomic mass is 10.2. The minimum absolute atomic E-state index is 0.274. The number of rotatable bonds is 1. The topological polar surface area (TPSA) is 82.6 Å². The van der Waals surface area contributed by atoms with Crippen LogP contribution in [0.1, 0.15) is 12.6 Å². The fraction of sp³-hybridized carbons (Fsp3) is 0.556. The van der Waals surface area contributed by atoms with Crippen LogP contribution in [0.15, 0.2) is 15.8 Å². The predicted molar refractivity (Wildman–Crippen MR) is 64.9 cm³/mol. The van der Waals surface area contributed by atoms with Gasteiger partial charge >= 0.3 is 12.8 Å². The molecule has 3 heterocycles. The minimum Gasteiger partial charge on any atom is -0.349 e. The Hall–Kier alpha value is -0.990. The number of nitrogens with zero attached hydrogens (tertiary/aromatic N) is 1. The van der Waals surface area contributed by atoms with E-state index in [2.05, 4.69) is 0 Å². The predicted octanol–water partition coefficient (Wildman–Crippen LogP) is 0.152. The van der Waals surface area contributed by atoms with Crippen molar-refractivity contribution in [2.24, 2.45) is 0 Å². The Morgan fingerprint density at radius 1 is 1.47 bits per heavy atom. The minimum atomic E-state index is -1.35. The molecule has 2 fully saturated rings. The maximum atomic E-state index is 13.2. The Morgan fingerprint density at radius 2 is 2.26 bits per heavy atom. The first-order valence-corrected chi connectivity index (χ1v) is 7.67. The molecule has 4 atom stereocenters. The van der Waals surface area contributed by atoms with E-state index in [1.54, 1.807) is 0 Å². The molecular formula is C9H9FN2O5PS+. The van der Waals surface area contributed by atoms with Crippen molar-refractivity contribution in [3.63, 3.8) is 0 Å². The van der Waals surface area contributed by atoms with Crippen LogP contribution in [0.2, 0.25) is 0 Å². The summed E-state index contributed by atoms with van der Waals surface area (Å²) in [5, 5.41) is 0. The van der Waals surface area contributed by atoms with Crippen LogP contribution < -0.4 is 11.2 Å². The Bertz CT molecular complexity index is 646. The molecule has 1 aromatic rings. The molecule has 102 valence electrons. The fourth-order valence-corrected chi connectivity index (χ4v) is 3.37. The van der Waals surface area contributed by atoms with Gasteiger partial charge in [0.1, 0.15) is 25.0 Å². The number of H-pyrrole nitrogens is 1. The van der Waals surface area contributed by atoms with E-state index in [-0.39, 0.29) is 18.8 Å². The van der Waals surface area contributed by atoms with Gasteiger partial charge in [0.05, 0.1) is 6.20 Å². The summed E-state index contributed by atoms with van der Waals surface area (Å²) >= 11 is 4.92. The highest BCUT2D eigenvalue weighted by Gasteiger charge is 2.46. The molecule has 2 aliphatic heterocycles. The standard InChI is InChI=1S/C9H8FN2O5PS/c10-4-2-12(9(14)11-8(4)13)7-1-5-6(16-7)3-15-18(19)17-5/h2,5-7H,1,3H2/p+1/t5-,6+,7+/m0/s1. The van der Waals surface area contributed by atoms with Gasteiger partial charge in [-0.05, 0) is 0 Å². The zero-order chi connectivity index (χ0) is 13.6. The quantitative estimate of drug-likeness (QED) is 0.744. The van der Waals surface area contributed by atoms with E-state index in [9.17, 15) is 14.0 Å². The van der Waals surface area contributed by atoms with Gasteiger partial charge in [0.25, 0.3) is 5.56 Å². The molecule has 7 nitrogen and oxygen atoms in total. The Kier molecular flexibility index (Phi) is 3.32. The molecule has 0 aliphatic carbocycles. The number of hydrogen-bond donors (Lipinski definition) is 1. The van der Waals surface area contributed by atoms with E-state index >= 15 is 0 Å². The van der Waals surface area contributed by atoms with Crippen molar-refractivity contribution in [1.29, 1.82) is 0 Å². The van der Waals surface area contributed by atoms with Crippen LogP contribution in [-0.4, -0.2) is 28.4 Å². The molecule has 3 rings (SSSR count). The number of ether oxygens (including phenoxy) is 1. The van der Waals surface area contributed by atoms with Crippen molar-refractivity contribution in [1.82, 2.24) is 9.55 Å². The Morgan fingerprint density at radius 3 is 3.05 bits per heavy atom. The molecule has 19 heavy (non-hydrogen) atoms. The van der Waals surface area contributed by atoms with Gasteiger partial charge in [-0.15, -0.1) is 9.05 Å². The number of fused-ring (bicyclic) bond motifs is 1. The second-order valence-electron chi connectivity index (χ2n) is 4.17. The van der Waals surface area contributed by atoms with E-state index in [0.717, 1.165) is 10.8 Å². The smallest absolute Gasteiger partial charge is 0.349 e. The van der Waals surface area contributed by atoms with Crippen molar-refractivity contribution < 1.29 is 18.2 Å². The lowest BCUT2D eigenvalue weighted by molar-refractivity contribution is -0.0502. The highest BCUT2D eigenvalue weighted by molar-refractivity contribution is 8.00. The van der Waals surface area contributed by atoms with Gasteiger partial charge < -0.3 is 4.74 Å². The highest BCUT2D eigenvalue weighted by Crippen LogP contribution is 2.41. The summed E-state index contributed by atoms with van der Waals surface area (Å²) in [6.45, 7) is 0.289. The van der Waals surface area contributed by atoms with Gasteiger partial charge in [0.15, 0.2) is 0 Å². The molecule has 0 amide bonds. The number of aromatic nitrogens is 2. The average Bonchev–Trinajstić information content (AvgIpc) is 2.76. The third kappa shape index (κ3) is 2.39. The highest BCUT2D eigenvalue weighted by atomic mass is 32.4. The van der Waals surface area contributed by atoms with Crippen molar-refractivity contribution >= 4 is 19.0 Å². The molecule has 1 N–H and O–H groups in total. The summed E-state index contributed by atoms with van der Waals surface area (Å²) in [4.78, 5) is 24.5. The second-order valence-corrected chi connectivity index (χ2v) is 5.98. The van der Waals surface area contributed by atoms with Crippen LogP contribution in [0.4, 0.5) is 4.39 Å². The normalized spacial score (nSPS) is 32.3. The molecule has 0 aromatic carbocycles. The summed E-state index contributed by atoms with van der Waals surface area (Å²) in [7, 11) is -1.35. The molecular weight excluding hydrogens is 298 g/mol. The monoisotopic (exact) mass is 307 g/mol. The Labute approximate surface area is 111 Å². The molecule has 2 aliphatic rings. The fourth-order valence-electron chi connectivity index (χ4n) is 2.08. The van der Waals surface area contributed by atoms with Crippen LogP contribution in [0.5, 0.6) is 0 Å². The summed E-state index contributed by atoms with van der Waals surface area (Å²) in [5.41, 5.74) is -1.78. The van der Waals surface area contributed by atoms with Gasteiger partial charge in [-0.25, -0.2) is 4.79 Å². The number of hydrogen-bond acceptors (Lipinski definition) is 6. The molecule has 0 bridgehead atoms. The Balaban J connectivity index is 1.89. The molecule has 1 unspecified atom stereocenters. The zero-order valence-electron chi connectivity index (χ0n) is 9.45. The molecule has 1 aromatic heterocycles. The van der Waals surface area contributed by atoms with Crippen LogP contribution in [-0.2, 0) is 25.6 Å². The van der Waals surface area contributed by atoms with E-state index in [4.69, 9.17) is 25.6 Å². The number of nitrogens with one attached hydrogen (secondary N) is 1. The van der Waals surface area contributed by atoms with Crippen LogP contribution in [0, 0.1) is 5.82 Å². The summed E-state index contributed by atoms with van der Waals surface area (Å²) in [5.74, 6) is -1.04. The lowest BCUT2D eigenvalue weighted by Crippen LogP contribution is -2.34. The summed E-state index contributed by atoms with van der Waals surface area (Å²) in [6.07, 6.45) is -0.123. The first-order valence-electron chi connectivity index (χ1n) is 5.48. The molecule has 0 saturated carbocycles. The van der Waals surface area contributed by atoms with Crippen molar-refractivity contribution in [3.05, 3.63) is 32.9 Å².